The molecule has 34 heavy (non-hydrogen) atoms. The van der Waals surface area contributed by atoms with Crippen LogP contribution in [-0.4, -0.2) is 0 Å². The smallest absolute Gasteiger partial charge is 0.00281 e. The molecule has 0 aliphatic heterocycles. The van der Waals surface area contributed by atoms with Crippen molar-refractivity contribution in [2.24, 2.45) is 11.8 Å². The first-order valence-corrected chi connectivity index (χ1v) is 14.5. The van der Waals surface area contributed by atoms with Gasteiger partial charge in [0.05, 0.1) is 0 Å². The van der Waals surface area contributed by atoms with E-state index in [1.807, 2.05) is 0 Å². The summed E-state index contributed by atoms with van der Waals surface area (Å²) in [6.07, 6.45) is 13.2. The maximum absolute atomic E-state index is 2.65. The summed E-state index contributed by atoms with van der Waals surface area (Å²) in [7, 11) is 0. The topological polar surface area (TPSA) is 0 Å². The van der Waals surface area contributed by atoms with Gasteiger partial charge in [0, 0.05) is 10.8 Å². The fourth-order valence-corrected chi connectivity index (χ4v) is 7.01. The van der Waals surface area contributed by atoms with Crippen LogP contribution < -0.4 is 0 Å². The SMILES string of the molecule is CCCCC(CC)CC1(C)c2cc(C)ccc2-c2ccc(C)cc2C1(C)CC(CC)CCCC. The predicted molar refractivity (Wildman–Crippen MR) is 152 cm³/mol. The molecule has 0 nitrogen and oxygen atoms in total. The van der Waals surface area contributed by atoms with Gasteiger partial charge in [-0.1, -0.05) is 140 Å². The highest BCUT2D eigenvalue weighted by Gasteiger charge is 2.52. The second-order valence-corrected chi connectivity index (χ2v) is 12.0. The van der Waals surface area contributed by atoms with Crippen molar-refractivity contribution in [3.05, 3.63) is 58.7 Å². The molecule has 0 radical (unpaired) electrons. The van der Waals surface area contributed by atoms with Crippen LogP contribution in [0.25, 0.3) is 11.1 Å². The van der Waals surface area contributed by atoms with Crippen molar-refractivity contribution < 1.29 is 0 Å². The van der Waals surface area contributed by atoms with Gasteiger partial charge in [-0.3, -0.25) is 0 Å². The fourth-order valence-electron chi connectivity index (χ4n) is 7.01. The summed E-state index contributed by atoms with van der Waals surface area (Å²) in [6.45, 7) is 19.4. The van der Waals surface area contributed by atoms with Crippen LogP contribution in [0.5, 0.6) is 0 Å². The zero-order valence-corrected chi connectivity index (χ0v) is 23.7. The zero-order valence-electron chi connectivity index (χ0n) is 23.7. The number of benzene rings is 2. The largest absolute Gasteiger partial charge is 0.0654 e. The average molecular weight is 461 g/mol. The van der Waals surface area contributed by atoms with E-state index in [9.17, 15) is 0 Å². The molecule has 1 aliphatic carbocycles. The molecule has 0 heterocycles. The third-order valence-electron chi connectivity index (χ3n) is 9.53. The summed E-state index contributed by atoms with van der Waals surface area (Å²) >= 11 is 0. The molecule has 0 saturated carbocycles. The minimum atomic E-state index is 0.142. The summed E-state index contributed by atoms with van der Waals surface area (Å²) in [5.41, 5.74) is 9.32. The maximum Gasteiger partial charge on any atom is 0.00281 e. The number of rotatable bonds is 12. The van der Waals surface area contributed by atoms with E-state index in [1.165, 1.54) is 86.5 Å². The molecule has 4 atom stereocenters. The molecule has 0 saturated heterocycles. The number of fused-ring (bicyclic) bond motifs is 3. The Morgan fingerprint density at radius 3 is 1.32 bits per heavy atom. The molecule has 188 valence electrons. The first-order chi connectivity index (χ1) is 16.2. The monoisotopic (exact) mass is 460 g/mol. The van der Waals surface area contributed by atoms with Gasteiger partial charge in [0.2, 0.25) is 0 Å². The highest BCUT2D eigenvalue weighted by Crippen LogP contribution is 2.60. The predicted octanol–water partition coefficient (Wildman–Crippen LogP) is 10.7. The Labute approximate surface area is 212 Å². The van der Waals surface area contributed by atoms with Gasteiger partial charge in [-0.25, -0.2) is 0 Å². The van der Waals surface area contributed by atoms with Crippen LogP contribution in [0.4, 0.5) is 0 Å². The van der Waals surface area contributed by atoms with Gasteiger partial charge < -0.3 is 0 Å². The standard InChI is InChI=1S/C34H52/c1-9-13-15-27(11-3)23-33(7)31-21-25(5)17-19-29(31)30-20-18-26(6)22-32(30)34(33,8)24-28(12-4)16-14-10-2/h17-22,27-28H,9-16,23-24H2,1-8H3. The summed E-state index contributed by atoms with van der Waals surface area (Å²) in [5, 5.41) is 0. The second-order valence-electron chi connectivity index (χ2n) is 12.0. The van der Waals surface area contributed by atoms with Crippen molar-refractivity contribution >= 4 is 0 Å². The fraction of sp³-hybridized carbons (Fsp3) is 0.647. The third kappa shape index (κ3) is 5.17. The van der Waals surface area contributed by atoms with Crippen molar-refractivity contribution in [1.82, 2.24) is 0 Å². The molecule has 2 aromatic carbocycles. The number of aryl methyl sites for hydroxylation is 2. The average Bonchev–Trinajstić information content (AvgIpc) is 2.83. The van der Waals surface area contributed by atoms with Gasteiger partial charge in [-0.05, 0) is 60.8 Å². The summed E-state index contributed by atoms with van der Waals surface area (Å²) in [5.74, 6) is 1.58. The number of unbranched alkanes of at least 4 members (excludes halogenated alkanes) is 2. The highest BCUT2D eigenvalue weighted by atomic mass is 14.6. The van der Waals surface area contributed by atoms with Gasteiger partial charge in [0.1, 0.15) is 0 Å². The molecule has 0 aromatic heterocycles. The van der Waals surface area contributed by atoms with Crippen molar-refractivity contribution in [2.45, 2.75) is 130 Å². The van der Waals surface area contributed by atoms with Crippen LogP contribution in [0.2, 0.25) is 0 Å². The molecule has 1 aliphatic rings. The third-order valence-corrected chi connectivity index (χ3v) is 9.53. The first kappa shape index (κ1) is 27.0. The first-order valence-electron chi connectivity index (χ1n) is 14.5. The van der Waals surface area contributed by atoms with Crippen molar-refractivity contribution in [3.8, 4) is 11.1 Å². The van der Waals surface area contributed by atoms with E-state index in [-0.39, 0.29) is 10.8 Å². The Morgan fingerprint density at radius 1 is 0.618 bits per heavy atom. The van der Waals surface area contributed by atoms with Crippen LogP contribution in [0.1, 0.15) is 128 Å². The molecule has 3 rings (SSSR count). The van der Waals surface area contributed by atoms with E-state index < -0.39 is 0 Å². The minimum Gasteiger partial charge on any atom is -0.0654 e. The van der Waals surface area contributed by atoms with Gasteiger partial charge in [-0.15, -0.1) is 0 Å². The van der Waals surface area contributed by atoms with E-state index in [2.05, 4.69) is 91.8 Å². The van der Waals surface area contributed by atoms with E-state index in [1.54, 1.807) is 11.1 Å². The quantitative estimate of drug-likeness (QED) is 0.295. The molecule has 0 spiro atoms. The van der Waals surface area contributed by atoms with Gasteiger partial charge >= 0.3 is 0 Å². The lowest BCUT2D eigenvalue weighted by atomic mass is 9.48. The van der Waals surface area contributed by atoms with Crippen molar-refractivity contribution in [2.75, 3.05) is 0 Å². The second kappa shape index (κ2) is 11.5. The Hall–Kier alpha value is -1.56. The Kier molecular flexibility index (Phi) is 9.10. The van der Waals surface area contributed by atoms with Crippen LogP contribution in [-0.2, 0) is 10.8 Å². The molecular formula is C34H52. The van der Waals surface area contributed by atoms with E-state index in [4.69, 9.17) is 0 Å². The van der Waals surface area contributed by atoms with E-state index in [0.29, 0.717) is 0 Å². The Bertz CT molecular complexity index is 860. The van der Waals surface area contributed by atoms with Crippen LogP contribution in [0.15, 0.2) is 36.4 Å². The van der Waals surface area contributed by atoms with Crippen LogP contribution in [0.3, 0.4) is 0 Å². The molecule has 2 aromatic rings. The highest BCUT2D eigenvalue weighted by molar-refractivity contribution is 5.78. The van der Waals surface area contributed by atoms with Crippen LogP contribution in [0, 0.1) is 25.7 Å². The summed E-state index contributed by atoms with van der Waals surface area (Å²) in [4.78, 5) is 0. The Balaban J connectivity index is 2.23. The molecule has 0 N–H and O–H groups in total. The molecule has 0 bridgehead atoms. The summed E-state index contributed by atoms with van der Waals surface area (Å²) < 4.78 is 0. The minimum absolute atomic E-state index is 0.142. The molecular weight excluding hydrogens is 408 g/mol. The molecule has 0 fully saturated rings. The normalized spacial score (nSPS) is 23.3. The van der Waals surface area contributed by atoms with Gasteiger partial charge in [-0.2, -0.15) is 0 Å². The molecule has 0 heteroatoms. The van der Waals surface area contributed by atoms with Crippen LogP contribution >= 0.6 is 0 Å². The lowest BCUT2D eigenvalue weighted by molar-refractivity contribution is 0.150. The van der Waals surface area contributed by atoms with E-state index >= 15 is 0 Å². The number of hydrogen-bond acceptors (Lipinski definition) is 0. The van der Waals surface area contributed by atoms with E-state index in [0.717, 1.165) is 11.8 Å². The van der Waals surface area contributed by atoms with Gasteiger partial charge in [0.25, 0.3) is 0 Å². The molecule has 0 amide bonds. The lowest BCUT2D eigenvalue weighted by Crippen LogP contribution is -2.50. The van der Waals surface area contributed by atoms with Crippen molar-refractivity contribution in [3.63, 3.8) is 0 Å². The van der Waals surface area contributed by atoms with Crippen molar-refractivity contribution in [1.29, 1.82) is 0 Å². The zero-order chi connectivity index (χ0) is 24.9. The van der Waals surface area contributed by atoms with Gasteiger partial charge in [0.15, 0.2) is 0 Å². The Morgan fingerprint density at radius 2 is 1.00 bits per heavy atom. The lowest BCUT2D eigenvalue weighted by Gasteiger charge is -2.55. The summed E-state index contributed by atoms with van der Waals surface area (Å²) in [6, 6.07) is 14.6. The molecule has 4 unspecified atom stereocenters. The number of hydrogen-bond donors (Lipinski definition) is 0. The maximum atomic E-state index is 2.65.